The molecule has 0 aliphatic heterocycles. The molecule has 0 amide bonds. The second-order valence-electron chi connectivity index (χ2n) is 5.41. The molecule has 1 aromatic rings. The Hall–Kier alpha value is -1.09. The molecule has 1 atom stereocenters. The summed E-state index contributed by atoms with van der Waals surface area (Å²) in [5.41, 5.74) is 4.37. The number of hydrogen-bond donors (Lipinski definition) is 0. The molecule has 1 unspecified atom stereocenters. The number of carbonyl (C=O) groups is 1. The average Bonchev–Trinajstić information content (AvgIpc) is 2.40. The predicted molar refractivity (Wildman–Crippen MR) is 73.3 cm³/mol. The Bertz CT molecular complexity index is 527. The van der Waals surface area contributed by atoms with Gasteiger partial charge < -0.3 is 4.74 Å². The van der Waals surface area contributed by atoms with Crippen LogP contribution in [0.25, 0.3) is 0 Å². The van der Waals surface area contributed by atoms with E-state index in [0.717, 1.165) is 54.1 Å². The second kappa shape index (κ2) is 5.12. The normalized spacial score (nSPS) is 21.5. The van der Waals surface area contributed by atoms with Gasteiger partial charge in [0.15, 0.2) is 0 Å². The van der Waals surface area contributed by atoms with Gasteiger partial charge in [-0.1, -0.05) is 11.6 Å². The number of halogens is 1. The predicted octanol–water partition coefficient (Wildman–Crippen LogP) is 3.55. The molecule has 1 heterocycles. The lowest BCUT2D eigenvalue weighted by molar-refractivity contribution is -0.147. The molecule has 0 spiro atoms. The van der Waals surface area contributed by atoms with Gasteiger partial charge in [-0.05, 0) is 56.1 Å². The number of nitrogens with zero attached hydrogens (tertiary/aromatic N) is 1. The summed E-state index contributed by atoms with van der Waals surface area (Å²) in [5, 5.41) is 0.886. The number of esters is 1. The van der Waals surface area contributed by atoms with Crippen molar-refractivity contribution in [2.75, 3.05) is 0 Å². The van der Waals surface area contributed by atoms with Gasteiger partial charge in [-0.25, -0.2) is 0 Å². The third kappa shape index (κ3) is 2.36. The summed E-state index contributed by atoms with van der Waals surface area (Å²) in [6, 6.07) is 0. The summed E-state index contributed by atoms with van der Waals surface area (Å²) >= 11 is 6.57. The maximum atomic E-state index is 11.2. The molecule has 0 radical (unpaired) electrons. The van der Waals surface area contributed by atoms with Crippen LogP contribution in [0.1, 0.15) is 61.2 Å². The van der Waals surface area contributed by atoms with Crippen molar-refractivity contribution >= 4 is 17.6 Å². The SMILES string of the molecule is CC(=O)OC1CCCc2c1nc1c(c2Cl)CCCC1. The Morgan fingerprint density at radius 3 is 2.74 bits per heavy atom. The number of aromatic nitrogens is 1. The highest BCUT2D eigenvalue weighted by molar-refractivity contribution is 6.32. The maximum Gasteiger partial charge on any atom is 0.303 e. The molecular weight excluding hydrogens is 262 g/mol. The van der Waals surface area contributed by atoms with Crippen LogP contribution in [0.5, 0.6) is 0 Å². The van der Waals surface area contributed by atoms with Crippen LogP contribution < -0.4 is 0 Å². The van der Waals surface area contributed by atoms with E-state index in [9.17, 15) is 4.79 Å². The molecule has 2 aliphatic rings. The number of aryl methyl sites for hydroxylation is 1. The summed E-state index contributed by atoms with van der Waals surface area (Å²) in [5.74, 6) is -0.242. The molecule has 3 rings (SSSR count). The first-order chi connectivity index (χ1) is 9.16. The molecule has 4 heteroatoms. The Kier molecular flexibility index (Phi) is 3.48. The topological polar surface area (TPSA) is 39.2 Å². The molecule has 3 nitrogen and oxygen atoms in total. The van der Waals surface area contributed by atoms with Crippen LogP contribution in [-0.2, 0) is 28.8 Å². The lowest BCUT2D eigenvalue weighted by Crippen LogP contribution is -2.20. The van der Waals surface area contributed by atoms with Crippen LogP contribution in [0.2, 0.25) is 5.02 Å². The van der Waals surface area contributed by atoms with Crippen molar-refractivity contribution in [2.24, 2.45) is 0 Å². The third-order valence-corrected chi connectivity index (χ3v) is 4.50. The van der Waals surface area contributed by atoms with Gasteiger partial charge in [0.25, 0.3) is 0 Å². The number of ether oxygens (including phenoxy) is 1. The second-order valence-corrected chi connectivity index (χ2v) is 5.79. The van der Waals surface area contributed by atoms with E-state index in [1.54, 1.807) is 0 Å². The molecule has 2 aliphatic carbocycles. The van der Waals surface area contributed by atoms with Crippen molar-refractivity contribution in [1.29, 1.82) is 0 Å². The van der Waals surface area contributed by atoms with Crippen molar-refractivity contribution in [1.82, 2.24) is 4.98 Å². The highest BCUT2D eigenvalue weighted by Crippen LogP contribution is 2.39. The fourth-order valence-electron chi connectivity index (χ4n) is 3.18. The van der Waals surface area contributed by atoms with Crippen LogP contribution in [0.15, 0.2) is 0 Å². The molecule has 0 aromatic carbocycles. The molecule has 0 N–H and O–H groups in total. The van der Waals surface area contributed by atoms with Crippen molar-refractivity contribution in [3.05, 3.63) is 27.5 Å². The monoisotopic (exact) mass is 279 g/mol. The number of hydrogen-bond acceptors (Lipinski definition) is 3. The number of carbonyl (C=O) groups excluding carboxylic acids is 1. The van der Waals surface area contributed by atoms with E-state index in [4.69, 9.17) is 21.3 Å². The molecule has 1 aromatic heterocycles. The lowest BCUT2D eigenvalue weighted by atomic mass is 9.88. The first-order valence-electron chi connectivity index (χ1n) is 7.04. The van der Waals surface area contributed by atoms with Crippen LogP contribution in [0.3, 0.4) is 0 Å². The van der Waals surface area contributed by atoms with Crippen molar-refractivity contribution in [3.63, 3.8) is 0 Å². The number of pyridine rings is 1. The largest absolute Gasteiger partial charge is 0.456 e. The fraction of sp³-hybridized carbons (Fsp3) is 0.600. The average molecular weight is 280 g/mol. The molecule has 0 bridgehead atoms. The summed E-state index contributed by atoms with van der Waals surface area (Å²) in [4.78, 5) is 16.0. The summed E-state index contributed by atoms with van der Waals surface area (Å²) < 4.78 is 5.40. The number of fused-ring (bicyclic) bond motifs is 2. The van der Waals surface area contributed by atoms with Crippen molar-refractivity contribution < 1.29 is 9.53 Å². The van der Waals surface area contributed by atoms with Crippen LogP contribution >= 0.6 is 11.6 Å². The van der Waals surface area contributed by atoms with E-state index in [-0.39, 0.29) is 12.1 Å². The fourth-order valence-corrected chi connectivity index (χ4v) is 3.57. The van der Waals surface area contributed by atoms with E-state index in [0.29, 0.717) is 0 Å². The van der Waals surface area contributed by atoms with Crippen LogP contribution in [0.4, 0.5) is 0 Å². The summed E-state index contributed by atoms with van der Waals surface area (Å²) in [6.45, 7) is 1.45. The molecule has 0 fully saturated rings. The van der Waals surface area contributed by atoms with Gasteiger partial charge in [-0.15, -0.1) is 0 Å². The number of rotatable bonds is 1. The highest BCUT2D eigenvalue weighted by atomic mass is 35.5. The van der Waals surface area contributed by atoms with Gasteiger partial charge in [0.1, 0.15) is 6.10 Å². The quantitative estimate of drug-likeness (QED) is 0.738. The summed E-state index contributed by atoms with van der Waals surface area (Å²) in [7, 11) is 0. The minimum atomic E-state index is -0.242. The minimum Gasteiger partial charge on any atom is -0.456 e. The van der Waals surface area contributed by atoms with Crippen molar-refractivity contribution in [2.45, 2.75) is 58.0 Å². The molecule has 102 valence electrons. The van der Waals surface area contributed by atoms with E-state index in [2.05, 4.69) is 0 Å². The van der Waals surface area contributed by atoms with Gasteiger partial charge in [-0.2, -0.15) is 0 Å². The van der Waals surface area contributed by atoms with E-state index in [1.165, 1.54) is 25.3 Å². The van der Waals surface area contributed by atoms with E-state index >= 15 is 0 Å². The third-order valence-electron chi connectivity index (χ3n) is 4.04. The van der Waals surface area contributed by atoms with Gasteiger partial charge in [0.05, 0.1) is 10.7 Å². The zero-order valence-corrected chi connectivity index (χ0v) is 11.9. The molecule has 0 saturated heterocycles. The van der Waals surface area contributed by atoms with Gasteiger partial charge in [0.2, 0.25) is 0 Å². The highest BCUT2D eigenvalue weighted by Gasteiger charge is 2.29. The van der Waals surface area contributed by atoms with Crippen molar-refractivity contribution in [3.8, 4) is 0 Å². The van der Waals surface area contributed by atoms with Crippen LogP contribution in [-0.4, -0.2) is 11.0 Å². The first-order valence-corrected chi connectivity index (χ1v) is 7.42. The molecule has 19 heavy (non-hydrogen) atoms. The zero-order chi connectivity index (χ0) is 13.4. The Morgan fingerprint density at radius 1 is 1.21 bits per heavy atom. The van der Waals surface area contributed by atoms with Gasteiger partial charge in [0, 0.05) is 12.6 Å². The van der Waals surface area contributed by atoms with Crippen LogP contribution in [0, 0.1) is 0 Å². The van der Waals surface area contributed by atoms with E-state index < -0.39 is 0 Å². The summed E-state index contributed by atoms with van der Waals surface area (Å²) in [6.07, 6.45) is 7.01. The Balaban J connectivity index is 2.06. The molecular formula is C15H18ClNO2. The standard InChI is InChI=1S/C15H18ClNO2/c1-9(18)19-13-8-4-6-11-14(16)10-5-2-3-7-12(10)17-15(11)13/h13H,2-8H2,1H3. The van der Waals surface area contributed by atoms with Gasteiger partial charge >= 0.3 is 5.97 Å². The zero-order valence-electron chi connectivity index (χ0n) is 11.2. The minimum absolute atomic E-state index is 0.203. The Labute approximate surface area is 118 Å². The smallest absolute Gasteiger partial charge is 0.303 e. The van der Waals surface area contributed by atoms with E-state index in [1.807, 2.05) is 0 Å². The Morgan fingerprint density at radius 2 is 1.95 bits per heavy atom. The van der Waals surface area contributed by atoms with Gasteiger partial charge in [-0.3, -0.25) is 9.78 Å². The first kappa shape index (κ1) is 12.9. The lowest BCUT2D eigenvalue weighted by Gasteiger charge is -2.28. The molecule has 0 saturated carbocycles. The maximum absolute atomic E-state index is 11.2.